The fourth-order valence-corrected chi connectivity index (χ4v) is 5.02. The first kappa shape index (κ1) is 17.5. The summed E-state index contributed by atoms with van der Waals surface area (Å²) in [5.74, 6) is 1.98. The van der Waals surface area contributed by atoms with Gasteiger partial charge in [-0.15, -0.1) is 0 Å². The fraction of sp³-hybridized carbons (Fsp3) is 0.632. The first-order valence-electron chi connectivity index (χ1n) is 8.83. The highest BCUT2D eigenvalue weighted by molar-refractivity contribution is 7.89. The Morgan fingerprint density at radius 3 is 2.29 bits per heavy atom. The molecule has 1 N–H and O–H groups in total. The largest absolute Gasteiger partial charge is 0.276 e. The van der Waals surface area contributed by atoms with E-state index in [0.717, 1.165) is 17.2 Å². The second-order valence-electron chi connectivity index (χ2n) is 8.40. The van der Waals surface area contributed by atoms with Crippen LogP contribution in [0.1, 0.15) is 58.9 Å². The molecular formula is C19H28N2O2S. The highest BCUT2D eigenvalue weighted by Gasteiger charge is 2.40. The summed E-state index contributed by atoms with van der Waals surface area (Å²) >= 11 is 0. The third kappa shape index (κ3) is 3.51. The molecule has 3 rings (SSSR count). The van der Waals surface area contributed by atoms with Crippen molar-refractivity contribution in [2.24, 2.45) is 22.9 Å². The van der Waals surface area contributed by atoms with E-state index in [9.17, 15) is 8.42 Å². The Kier molecular flexibility index (Phi) is 4.49. The van der Waals surface area contributed by atoms with Gasteiger partial charge in [0, 0.05) is 11.6 Å². The van der Waals surface area contributed by atoms with Crippen molar-refractivity contribution in [1.29, 1.82) is 0 Å². The molecule has 0 aliphatic heterocycles. The number of nitrogens with one attached hydrogen (secondary N) is 1. The van der Waals surface area contributed by atoms with Crippen LogP contribution >= 0.6 is 0 Å². The van der Waals surface area contributed by atoms with Crippen LogP contribution in [0.25, 0.3) is 0 Å². The average molecular weight is 349 g/mol. The zero-order chi connectivity index (χ0) is 17.5. The van der Waals surface area contributed by atoms with E-state index in [2.05, 4.69) is 30.7 Å². The van der Waals surface area contributed by atoms with E-state index in [-0.39, 0.29) is 10.3 Å². The molecule has 1 aromatic carbocycles. The number of benzene rings is 1. The molecule has 2 saturated carbocycles. The van der Waals surface area contributed by atoms with E-state index in [1.54, 1.807) is 12.1 Å². The maximum absolute atomic E-state index is 12.5. The third-order valence-electron chi connectivity index (χ3n) is 5.65. The van der Waals surface area contributed by atoms with Crippen molar-refractivity contribution in [2.75, 3.05) is 0 Å². The molecule has 2 fully saturated rings. The summed E-state index contributed by atoms with van der Waals surface area (Å²) < 4.78 is 24.9. The molecule has 5 heteroatoms. The highest BCUT2D eigenvalue weighted by Crippen LogP contribution is 2.48. The van der Waals surface area contributed by atoms with E-state index >= 15 is 0 Å². The summed E-state index contributed by atoms with van der Waals surface area (Å²) in [6.45, 7) is 8.28. The van der Waals surface area contributed by atoms with Gasteiger partial charge in [0.05, 0.1) is 4.90 Å². The number of hydrogen-bond donors (Lipinski definition) is 1. The smallest absolute Gasteiger partial charge is 0.200 e. The van der Waals surface area contributed by atoms with Crippen LogP contribution < -0.4 is 4.83 Å². The second kappa shape index (κ2) is 6.17. The average Bonchev–Trinajstić information content (AvgIpc) is 3.15. The normalized spacial score (nSPS) is 27.5. The summed E-state index contributed by atoms with van der Waals surface area (Å²) in [7, 11) is -3.60. The molecular weight excluding hydrogens is 320 g/mol. The van der Waals surface area contributed by atoms with E-state index in [0.29, 0.717) is 11.8 Å². The van der Waals surface area contributed by atoms with Gasteiger partial charge >= 0.3 is 0 Å². The van der Waals surface area contributed by atoms with Gasteiger partial charge in [0.15, 0.2) is 0 Å². The van der Waals surface area contributed by atoms with E-state index < -0.39 is 10.0 Å². The summed E-state index contributed by atoms with van der Waals surface area (Å²) in [6.07, 6.45) is 5.06. The Morgan fingerprint density at radius 2 is 1.79 bits per heavy atom. The molecule has 0 saturated heterocycles. The number of hydrazone groups is 1. The van der Waals surface area contributed by atoms with Crippen molar-refractivity contribution in [2.45, 2.75) is 63.7 Å². The molecule has 0 heterocycles. The Morgan fingerprint density at radius 1 is 1.12 bits per heavy atom. The van der Waals surface area contributed by atoms with Crippen LogP contribution in [0.4, 0.5) is 0 Å². The van der Waals surface area contributed by atoms with Gasteiger partial charge in [-0.1, -0.05) is 39.3 Å². The van der Waals surface area contributed by atoms with Crippen LogP contribution in [0.2, 0.25) is 0 Å². The first-order chi connectivity index (χ1) is 11.2. The van der Waals surface area contributed by atoms with Crippen LogP contribution in [0.15, 0.2) is 34.3 Å². The van der Waals surface area contributed by atoms with Crippen molar-refractivity contribution in [3.8, 4) is 0 Å². The maximum atomic E-state index is 12.5. The van der Waals surface area contributed by atoms with Gasteiger partial charge in [-0.05, 0) is 61.1 Å². The number of fused-ring (bicyclic) bond motifs is 2. The molecule has 0 spiro atoms. The number of sulfonamides is 1. The SMILES string of the molecule is C/C(=N/NS(=O)(=O)c1ccc(C(C)(C)C)cc1)[C@H]1C[C@H]2CC[C@@H]1C2. The van der Waals surface area contributed by atoms with Gasteiger partial charge in [-0.3, -0.25) is 0 Å². The molecule has 4 nitrogen and oxygen atoms in total. The molecule has 2 aliphatic carbocycles. The van der Waals surface area contributed by atoms with Crippen LogP contribution in [0.5, 0.6) is 0 Å². The van der Waals surface area contributed by atoms with Gasteiger partial charge in [-0.25, -0.2) is 4.83 Å². The van der Waals surface area contributed by atoms with E-state index in [1.807, 2.05) is 19.1 Å². The van der Waals surface area contributed by atoms with Crippen molar-refractivity contribution in [1.82, 2.24) is 4.83 Å². The van der Waals surface area contributed by atoms with Crippen molar-refractivity contribution >= 4 is 15.7 Å². The summed E-state index contributed by atoms with van der Waals surface area (Å²) in [5.41, 5.74) is 2.05. The minimum atomic E-state index is -3.60. The molecule has 0 unspecified atom stereocenters. The monoisotopic (exact) mass is 348 g/mol. The van der Waals surface area contributed by atoms with Crippen LogP contribution in [-0.4, -0.2) is 14.1 Å². The van der Waals surface area contributed by atoms with Crippen molar-refractivity contribution in [3.05, 3.63) is 29.8 Å². The first-order valence-corrected chi connectivity index (χ1v) is 10.3. The topological polar surface area (TPSA) is 58.5 Å². The molecule has 0 radical (unpaired) electrons. The number of nitrogens with zero attached hydrogens (tertiary/aromatic N) is 1. The second-order valence-corrected chi connectivity index (χ2v) is 10.1. The van der Waals surface area contributed by atoms with Gasteiger partial charge in [-0.2, -0.15) is 13.5 Å². The summed E-state index contributed by atoms with van der Waals surface area (Å²) in [6, 6.07) is 7.07. The summed E-state index contributed by atoms with van der Waals surface area (Å²) in [4.78, 5) is 2.69. The lowest BCUT2D eigenvalue weighted by Crippen LogP contribution is -2.25. The molecule has 1 aromatic rings. The zero-order valence-electron chi connectivity index (χ0n) is 15.0. The number of rotatable bonds is 4. The Labute approximate surface area is 145 Å². The standard InChI is InChI=1S/C19H28N2O2S/c1-13(18-12-14-5-6-15(18)11-14)20-21-24(22,23)17-9-7-16(8-10-17)19(2,3)4/h7-10,14-15,18,21H,5-6,11-12H2,1-4H3/b20-13-/t14-,15+,18+/m0/s1. The quantitative estimate of drug-likeness (QED) is 0.658. The van der Waals surface area contributed by atoms with Gasteiger partial charge in [0.2, 0.25) is 0 Å². The Balaban J connectivity index is 1.70. The lowest BCUT2D eigenvalue weighted by molar-refractivity contribution is 0.413. The third-order valence-corrected chi connectivity index (χ3v) is 6.87. The van der Waals surface area contributed by atoms with E-state index in [1.165, 1.54) is 25.7 Å². The van der Waals surface area contributed by atoms with Gasteiger partial charge in [0.1, 0.15) is 0 Å². The van der Waals surface area contributed by atoms with Crippen LogP contribution in [-0.2, 0) is 15.4 Å². The van der Waals surface area contributed by atoms with Crippen molar-refractivity contribution in [3.63, 3.8) is 0 Å². The van der Waals surface area contributed by atoms with E-state index in [4.69, 9.17) is 0 Å². The molecule has 0 aromatic heterocycles. The number of hydrogen-bond acceptors (Lipinski definition) is 3. The highest BCUT2D eigenvalue weighted by atomic mass is 32.2. The fourth-order valence-electron chi connectivity index (χ4n) is 4.16. The molecule has 24 heavy (non-hydrogen) atoms. The molecule has 0 amide bonds. The summed E-state index contributed by atoms with van der Waals surface area (Å²) in [5, 5.41) is 4.22. The van der Waals surface area contributed by atoms with Crippen molar-refractivity contribution < 1.29 is 8.42 Å². The molecule has 3 atom stereocenters. The molecule has 132 valence electrons. The Hall–Kier alpha value is -1.36. The predicted molar refractivity (Wildman–Crippen MR) is 97.5 cm³/mol. The maximum Gasteiger partial charge on any atom is 0.276 e. The minimum absolute atomic E-state index is 0.00620. The van der Waals surface area contributed by atoms with Gasteiger partial charge in [0.25, 0.3) is 10.0 Å². The zero-order valence-corrected chi connectivity index (χ0v) is 15.9. The van der Waals surface area contributed by atoms with Gasteiger partial charge < -0.3 is 0 Å². The molecule has 2 aliphatic rings. The van der Waals surface area contributed by atoms with Crippen LogP contribution in [0.3, 0.4) is 0 Å². The lowest BCUT2D eigenvalue weighted by Gasteiger charge is -2.21. The predicted octanol–water partition coefficient (Wildman–Crippen LogP) is 4.07. The molecule has 2 bridgehead atoms. The Bertz CT molecular complexity index is 730. The minimum Gasteiger partial charge on any atom is -0.200 e. The van der Waals surface area contributed by atoms with Crippen LogP contribution in [0, 0.1) is 17.8 Å². The lowest BCUT2D eigenvalue weighted by atomic mass is 9.86.